The number of nitrogens with zero attached hydrogens (tertiary/aromatic N) is 1. The van der Waals surface area contributed by atoms with E-state index in [1.165, 1.54) is 0 Å². The second-order valence-corrected chi connectivity index (χ2v) is 15.6. The molecule has 0 aliphatic rings. The molecule has 0 aliphatic heterocycles. The number of aromatic nitrogens is 1. The molecule has 3 aromatic rings. The lowest BCUT2D eigenvalue weighted by Crippen LogP contribution is -2.47. The molecule has 0 saturated carbocycles. The van der Waals surface area contributed by atoms with Crippen LogP contribution in [0.15, 0.2) is 60.8 Å². The summed E-state index contributed by atoms with van der Waals surface area (Å²) in [6, 6.07) is 13.0. The summed E-state index contributed by atoms with van der Waals surface area (Å²) in [5.74, 6) is -8.73. The molecule has 2 aromatic carbocycles. The van der Waals surface area contributed by atoms with E-state index in [0.29, 0.717) is 17.8 Å². The number of aliphatic hydroxyl groups is 1. The molecule has 0 radical (unpaired) electrons. The molecule has 0 unspecified atom stereocenters. The van der Waals surface area contributed by atoms with Crippen LogP contribution in [0.3, 0.4) is 0 Å². The number of alkyl halides is 4. The summed E-state index contributed by atoms with van der Waals surface area (Å²) in [5, 5.41) is 21.3. The van der Waals surface area contributed by atoms with E-state index in [1.807, 2.05) is 51.1 Å². The summed E-state index contributed by atoms with van der Waals surface area (Å²) in [6.07, 6.45) is -5.94. The van der Waals surface area contributed by atoms with Crippen LogP contribution in [0.5, 0.6) is 0 Å². The van der Waals surface area contributed by atoms with E-state index in [9.17, 15) is 55.8 Å². The van der Waals surface area contributed by atoms with E-state index in [1.54, 1.807) is 16.8 Å². The van der Waals surface area contributed by atoms with Crippen molar-refractivity contribution in [1.82, 2.24) is 25.8 Å². The number of esters is 2. The normalized spacial score (nSPS) is 13.6. The van der Waals surface area contributed by atoms with Crippen LogP contribution < -0.4 is 27.0 Å². The molecule has 0 bridgehead atoms. The van der Waals surface area contributed by atoms with Gasteiger partial charge in [0, 0.05) is 55.1 Å². The number of halogens is 6. The lowest BCUT2D eigenvalue weighted by molar-refractivity contribution is -0.210. The molecule has 4 amide bonds. The van der Waals surface area contributed by atoms with Crippen LogP contribution in [-0.2, 0) is 44.8 Å². The molecule has 21 heteroatoms. The third-order valence-corrected chi connectivity index (χ3v) is 9.47. The first-order chi connectivity index (χ1) is 28.1. The molecule has 1 aromatic heterocycles. The highest BCUT2D eigenvalue weighted by Crippen LogP contribution is 2.41. The summed E-state index contributed by atoms with van der Waals surface area (Å²) >= 11 is 2.87. The highest BCUT2D eigenvalue weighted by atomic mass is 79.9. The van der Waals surface area contributed by atoms with Crippen LogP contribution in [0.4, 0.5) is 22.0 Å². The second-order valence-electron chi connectivity index (χ2n) is 14.5. The molecule has 1 heterocycles. The number of hydrogen-bond donors (Lipinski definition) is 6. The van der Waals surface area contributed by atoms with Crippen LogP contribution in [-0.4, -0.2) is 101 Å². The van der Waals surface area contributed by atoms with Crippen molar-refractivity contribution in [3.8, 4) is 11.1 Å². The number of hydrogen-bond acceptors (Lipinski definition) is 10. The Bertz CT molecular complexity index is 1980. The fourth-order valence-corrected chi connectivity index (χ4v) is 6.20. The van der Waals surface area contributed by atoms with Crippen LogP contribution in [0, 0.1) is 17.0 Å². The van der Waals surface area contributed by atoms with Gasteiger partial charge in [-0.2, -0.15) is 13.2 Å². The van der Waals surface area contributed by atoms with Gasteiger partial charge >= 0.3 is 18.1 Å². The first-order valence-corrected chi connectivity index (χ1v) is 19.3. The van der Waals surface area contributed by atoms with E-state index in [0.717, 1.165) is 23.8 Å². The average Bonchev–Trinajstić information content (AvgIpc) is 3.57. The van der Waals surface area contributed by atoms with Gasteiger partial charge in [0.05, 0.1) is 19.0 Å². The van der Waals surface area contributed by atoms with Gasteiger partial charge in [0.15, 0.2) is 0 Å². The van der Waals surface area contributed by atoms with Gasteiger partial charge < -0.3 is 46.1 Å². The molecular formula is C39H46BrF5N6O9. The number of carbonyl (C=O) groups excluding carboxylic acids is 6. The number of carbonyl (C=O) groups is 6. The maximum Gasteiger partial charge on any atom is 0.491 e. The minimum atomic E-state index is -5.28. The molecule has 0 spiro atoms. The van der Waals surface area contributed by atoms with E-state index >= 15 is 0 Å². The molecule has 328 valence electrons. The molecule has 0 saturated heterocycles. The van der Waals surface area contributed by atoms with Crippen molar-refractivity contribution in [2.75, 3.05) is 33.0 Å². The summed E-state index contributed by atoms with van der Waals surface area (Å²) in [4.78, 5) is 71.2. The quantitative estimate of drug-likeness (QED) is 0.0320. The molecular weight excluding hydrogens is 871 g/mol. The molecule has 7 N–H and O–H groups in total. The number of ether oxygens (including phenoxy) is 2. The zero-order valence-corrected chi connectivity index (χ0v) is 34.3. The number of nitrogens with two attached hydrogens (primary N) is 1. The van der Waals surface area contributed by atoms with Crippen LogP contribution in [0.25, 0.3) is 11.1 Å². The third-order valence-electron chi connectivity index (χ3n) is 8.73. The van der Waals surface area contributed by atoms with E-state index in [2.05, 4.69) is 46.7 Å². The Balaban J connectivity index is 1.47. The molecule has 3 rings (SSSR count). The lowest BCUT2D eigenvalue weighted by atomic mass is 9.74. The van der Waals surface area contributed by atoms with Crippen LogP contribution in [0.2, 0.25) is 0 Å². The van der Waals surface area contributed by atoms with Gasteiger partial charge in [0.2, 0.25) is 30.4 Å². The Hall–Kier alpha value is -5.41. The highest BCUT2D eigenvalue weighted by Gasteiger charge is 2.41. The number of nitrogens with one attached hydrogen (secondary N) is 4. The Morgan fingerprint density at radius 2 is 1.50 bits per heavy atom. The van der Waals surface area contributed by atoms with Crippen molar-refractivity contribution in [2.24, 2.45) is 11.1 Å². The van der Waals surface area contributed by atoms with Crippen molar-refractivity contribution in [3.63, 3.8) is 0 Å². The Morgan fingerprint density at radius 1 is 0.850 bits per heavy atom. The minimum Gasteiger partial charge on any atom is -0.428 e. The minimum absolute atomic E-state index is 0.0154. The lowest BCUT2D eigenvalue weighted by Gasteiger charge is -2.35. The highest BCUT2D eigenvalue weighted by molar-refractivity contribution is 9.10. The van der Waals surface area contributed by atoms with Gasteiger partial charge in [-0.05, 0) is 41.7 Å². The van der Waals surface area contributed by atoms with E-state index in [-0.39, 0.29) is 31.6 Å². The van der Waals surface area contributed by atoms with Gasteiger partial charge in [0.25, 0.3) is 0 Å². The summed E-state index contributed by atoms with van der Waals surface area (Å²) < 4.78 is 75.2. The molecule has 0 aliphatic carbocycles. The first-order valence-electron chi connectivity index (χ1n) is 18.3. The van der Waals surface area contributed by atoms with Crippen LogP contribution >= 0.6 is 15.9 Å². The van der Waals surface area contributed by atoms with Crippen molar-refractivity contribution in [1.29, 1.82) is 0 Å². The molecule has 15 nitrogen and oxygen atoms in total. The maximum atomic E-state index is 14.9. The largest absolute Gasteiger partial charge is 0.491 e. The number of rotatable bonds is 20. The van der Waals surface area contributed by atoms with Gasteiger partial charge in [-0.25, -0.2) is 13.6 Å². The predicted octanol–water partition coefficient (Wildman–Crippen LogP) is 2.91. The summed E-state index contributed by atoms with van der Waals surface area (Å²) in [5.41, 5.74) is 7.03. The van der Waals surface area contributed by atoms with Crippen LogP contribution in [0.1, 0.15) is 50.8 Å². The monoisotopic (exact) mass is 916 g/mol. The second kappa shape index (κ2) is 22.3. The van der Waals surface area contributed by atoms with E-state index in [4.69, 9.17) is 5.73 Å². The summed E-state index contributed by atoms with van der Waals surface area (Å²) in [6.45, 7) is 3.69. The predicted molar refractivity (Wildman–Crippen MR) is 209 cm³/mol. The number of aliphatic hydroxyl groups excluding tert-OH is 1. The van der Waals surface area contributed by atoms with Crippen molar-refractivity contribution in [3.05, 3.63) is 83.7 Å². The standard InChI is InChI=1S/C39H46BrF5N6O9/c1-38(2,3)32(29-15-23(25-16-24(41)9-10-27(25)42)20-51(29)19-22-7-5-4-6-8-22)33(54)36(57)48-12-11-28(46)35(56)49-14-13-47-30(52)18-50-34(55)26(40)17-31(53)59-21-60-37(58)39(43,44)45/h4-10,15-16,20,26,28,32-33,54H,11-14,17-19,21,46H2,1-3H3,(H,47,52)(H,48,57)(H,49,56)(H,50,55)/t26-,28-,32+,33-/m0/s1. The van der Waals surface area contributed by atoms with Gasteiger partial charge in [-0.3, -0.25) is 24.0 Å². The third kappa shape index (κ3) is 15.3. The Kier molecular flexibility index (Phi) is 18.2. The van der Waals surface area contributed by atoms with Crippen molar-refractivity contribution < 1.29 is 65.3 Å². The van der Waals surface area contributed by atoms with Crippen molar-refractivity contribution >= 4 is 51.5 Å². The zero-order chi connectivity index (χ0) is 44.8. The molecule has 4 atom stereocenters. The zero-order valence-electron chi connectivity index (χ0n) is 32.7. The van der Waals surface area contributed by atoms with Gasteiger partial charge in [0.1, 0.15) is 22.6 Å². The Labute approximate surface area is 350 Å². The first kappa shape index (κ1) is 49.0. The molecule has 60 heavy (non-hydrogen) atoms. The topological polar surface area (TPSA) is 220 Å². The van der Waals surface area contributed by atoms with Gasteiger partial charge in [-0.15, -0.1) is 0 Å². The average molecular weight is 918 g/mol. The van der Waals surface area contributed by atoms with Crippen molar-refractivity contribution in [2.45, 2.75) is 69.2 Å². The SMILES string of the molecule is CC(C)(C)[C@H](c1cc(-c2cc(F)ccc2F)cn1Cc1ccccc1)[C@H](O)C(=O)NCC[C@H](N)C(=O)NCCNC(=O)CNC(=O)[C@@H](Br)CC(=O)OCOC(=O)C(F)(F)F. The number of amides is 4. The molecule has 0 fully saturated rings. The van der Waals surface area contributed by atoms with Gasteiger partial charge in [-0.1, -0.05) is 67.0 Å². The van der Waals surface area contributed by atoms with E-state index < -0.39 is 101 Å². The fourth-order valence-electron chi connectivity index (χ4n) is 5.78. The maximum absolute atomic E-state index is 14.9. The summed E-state index contributed by atoms with van der Waals surface area (Å²) in [7, 11) is 0. The number of benzene rings is 2. The Morgan fingerprint density at radius 3 is 2.15 bits per heavy atom. The smallest absolute Gasteiger partial charge is 0.428 e. The fraction of sp³-hybridized carbons (Fsp3) is 0.436.